The molecule has 0 bridgehead atoms. The Kier molecular flexibility index (Phi) is 3.97. The van der Waals surface area contributed by atoms with Gasteiger partial charge in [-0.2, -0.15) is 0 Å². The van der Waals surface area contributed by atoms with Crippen LogP contribution in [0.5, 0.6) is 11.5 Å². The molecule has 0 aliphatic heterocycles. The molecule has 0 spiro atoms. The second kappa shape index (κ2) is 6.06. The van der Waals surface area contributed by atoms with E-state index in [1.807, 2.05) is 18.3 Å². The highest BCUT2D eigenvalue weighted by atomic mass is 16.5. The molecule has 1 fully saturated rings. The molecule has 0 unspecified atom stereocenters. The molecule has 0 radical (unpaired) electrons. The summed E-state index contributed by atoms with van der Waals surface area (Å²) in [5.74, 6) is 1.65. The molecule has 1 aromatic heterocycles. The first-order chi connectivity index (χ1) is 9.83. The molecule has 2 aromatic rings. The Labute approximate surface area is 120 Å². The standard InChI is InChI=1S/C17H20N2O/c1-2-13-3-7-16(8-4-13)20-17-9-14(10-18-12-17)11-19-15-5-6-15/h3-4,7-10,12,15,19H,2,5-6,11H2,1H3. The number of ether oxygens (including phenoxy) is 1. The third-order valence-corrected chi connectivity index (χ3v) is 3.51. The molecule has 3 rings (SSSR count). The third-order valence-electron chi connectivity index (χ3n) is 3.51. The Balaban J connectivity index is 1.64. The van der Waals surface area contributed by atoms with Crippen molar-refractivity contribution in [1.29, 1.82) is 0 Å². The first-order valence-electron chi connectivity index (χ1n) is 7.27. The summed E-state index contributed by atoms with van der Waals surface area (Å²) in [6, 6.07) is 11.0. The van der Waals surface area contributed by atoms with E-state index < -0.39 is 0 Å². The molecule has 1 N–H and O–H groups in total. The van der Waals surface area contributed by atoms with E-state index in [2.05, 4.69) is 35.4 Å². The first-order valence-corrected chi connectivity index (χ1v) is 7.27. The van der Waals surface area contributed by atoms with Gasteiger partial charge < -0.3 is 10.1 Å². The first kappa shape index (κ1) is 13.1. The lowest BCUT2D eigenvalue weighted by Gasteiger charge is -2.08. The molecule has 3 nitrogen and oxygen atoms in total. The molecule has 1 aliphatic carbocycles. The van der Waals surface area contributed by atoms with Gasteiger partial charge in [0.05, 0.1) is 6.20 Å². The number of nitrogens with one attached hydrogen (secondary N) is 1. The fourth-order valence-corrected chi connectivity index (χ4v) is 2.10. The van der Waals surface area contributed by atoms with Crippen LogP contribution in [0.2, 0.25) is 0 Å². The van der Waals surface area contributed by atoms with Crippen LogP contribution in [-0.4, -0.2) is 11.0 Å². The molecule has 1 saturated carbocycles. The van der Waals surface area contributed by atoms with Gasteiger partial charge in [-0.05, 0) is 48.6 Å². The molecule has 3 heteroatoms. The topological polar surface area (TPSA) is 34.1 Å². The number of benzene rings is 1. The highest BCUT2D eigenvalue weighted by Crippen LogP contribution is 2.23. The number of aryl methyl sites for hydroxylation is 1. The van der Waals surface area contributed by atoms with Crippen molar-refractivity contribution in [3.8, 4) is 11.5 Å². The molecule has 1 heterocycles. The van der Waals surface area contributed by atoms with Gasteiger partial charge in [-0.3, -0.25) is 4.98 Å². The molecular weight excluding hydrogens is 248 g/mol. The van der Waals surface area contributed by atoms with E-state index in [4.69, 9.17) is 4.74 Å². The second-order valence-electron chi connectivity index (χ2n) is 5.28. The maximum atomic E-state index is 5.85. The minimum Gasteiger partial charge on any atom is -0.456 e. The summed E-state index contributed by atoms with van der Waals surface area (Å²) in [4.78, 5) is 4.25. The van der Waals surface area contributed by atoms with E-state index in [0.29, 0.717) is 6.04 Å². The van der Waals surface area contributed by atoms with Gasteiger partial charge in [-0.1, -0.05) is 19.1 Å². The van der Waals surface area contributed by atoms with Gasteiger partial charge in [0.25, 0.3) is 0 Å². The Hall–Kier alpha value is -1.87. The van der Waals surface area contributed by atoms with Crippen LogP contribution in [0.3, 0.4) is 0 Å². The zero-order chi connectivity index (χ0) is 13.8. The number of hydrogen-bond donors (Lipinski definition) is 1. The fourth-order valence-electron chi connectivity index (χ4n) is 2.10. The number of aromatic nitrogens is 1. The van der Waals surface area contributed by atoms with Crippen molar-refractivity contribution in [1.82, 2.24) is 10.3 Å². The van der Waals surface area contributed by atoms with Crippen molar-refractivity contribution in [3.63, 3.8) is 0 Å². The number of hydrogen-bond acceptors (Lipinski definition) is 3. The summed E-state index contributed by atoms with van der Waals surface area (Å²) in [6.45, 7) is 3.01. The van der Waals surface area contributed by atoms with E-state index in [9.17, 15) is 0 Å². The number of rotatable bonds is 6. The quantitative estimate of drug-likeness (QED) is 0.867. The largest absolute Gasteiger partial charge is 0.456 e. The Morgan fingerprint density at radius 1 is 1.10 bits per heavy atom. The van der Waals surface area contributed by atoms with Crippen LogP contribution in [0.4, 0.5) is 0 Å². The zero-order valence-electron chi connectivity index (χ0n) is 11.8. The van der Waals surface area contributed by atoms with Gasteiger partial charge in [0.2, 0.25) is 0 Å². The van der Waals surface area contributed by atoms with E-state index in [1.165, 1.54) is 24.0 Å². The van der Waals surface area contributed by atoms with Crippen molar-refractivity contribution >= 4 is 0 Å². The highest BCUT2D eigenvalue weighted by molar-refractivity contribution is 5.33. The predicted octanol–water partition coefficient (Wildman–Crippen LogP) is 3.69. The van der Waals surface area contributed by atoms with E-state index in [-0.39, 0.29) is 0 Å². The van der Waals surface area contributed by atoms with Gasteiger partial charge >= 0.3 is 0 Å². The normalized spacial score (nSPS) is 14.2. The van der Waals surface area contributed by atoms with Crippen LogP contribution in [0, 0.1) is 0 Å². The number of pyridine rings is 1. The maximum Gasteiger partial charge on any atom is 0.146 e. The fraction of sp³-hybridized carbons (Fsp3) is 0.353. The van der Waals surface area contributed by atoms with Crippen LogP contribution < -0.4 is 10.1 Å². The average Bonchev–Trinajstić information content (AvgIpc) is 3.31. The van der Waals surface area contributed by atoms with Crippen molar-refractivity contribution < 1.29 is 4.74 Å². The monoisotopic (exact) mass is 268 g/mol. The van der Waals surface area contributed by atoms with Crippen LogP contribution in [0.15, 0.2) is 42.7 Å². The minimum absolute atomic E-state index is 0.709. The Morgan fingerprint density at radius 2 is 1.90 bits per heavy atom. The molecule has 104 valence electrons. The summed E-state index contributed by atoms with van der Waals surface area (Å²) in [7, 11) is 0. The van der Waals surface area contributed by atoms with Crippen LogP contribution in [0.1, 0.15) is 30.9 Å². The zero-order valence-corrected chi connectivity index (χ0v) is 11.8. The van der Waals surface area contributed by atoms with Gasteiger partial charge in [-0.15, -0.1) is 0 Å². The van der Waals surface area contributed by atoms with Crippen LogP contribution in [-0.2, 0) is 13.0 Å². The van der Waals surface area contributed by atoms with Crippen molar-refractivity contribution in [2.45, 2.75) is 38.8 Å². The molecule has 0 atom stereocenters. The van der Waals surface area contributed by atoms with E-state index in [1.54, 1.807) is 6.20 Å². The molecule has 0 saturated heterocycles. The van der Waals surface area contributed by atoms with Gasteiger partial charge in [0.1, 0.15) is 11.5 Å². The Morgan fingerprint density at radius 3 is 2.60 bits per heavy atom. The van der Waals surface area contributed by atoms with Crippen LogP contribution in [0.25, 0.3) is 0 Å². The second-order valence-corrected chi connectivity index (χ2v) is 5.28. The number of nitrogens with zero attached hydrogens (tertiary/aromatic N) is 1. The summed E-state index contributed by atoms with van der Waals surface area (Å²) < 4.78 is 5.85. The lowest BCUT2D eigenvalue weighted by Crippen LogP contribution is -2.15. The molecule has 1 aliphatic rings. The lowest BCUT2D eigenvalue weighted by atomic mass is 10.2. The van der Waals surface area contributed by atoms with E-state index >= 15 is 0 Å². The Bertz CT molecular complexity index is 561. The summed E-state index contributed by atoms with van der Waals surface area (Å²) in [5, 5.41) is 3.48. The maximum absolute atomic E-state index is 5.85. The molecule has 1 aromatic carbocycles. The van der Waals surface area contributed by atoms with Crippen LogP contribution >= 0.6 is 0 Å². The SMILES string of the molecule is CCc1ccc(Oc2cncc(CNC3CC3)c2)cc1. The predicted molar refractivity (Wildman–Crippen MR) is 80.0 cm³/mol. The van der Waals surface area contributed by atoms with Gasteiger partial charge in [0, 0.05) is 18.8 Å². The van der Waals surface area contributed by atoms with Crippen molar-refractivity contribution in [3.05, 3.63) is 53.9 Å². The van der Waals surface area contributed by atoms with Gasteiger partial charge in [-0.25, -0.2) is 0 Å². The average molecular weight is 268 g/mol. The summed E-state index contributed by atoms with van der Waals surface area (Å²) in [6.07, 6.45) is 7.29. The van der Waals surface area contributed by atoms with Crippen molar-refractivity contribution in [2.24, 2.45) is 0 Å². The summed E-state index contributed by atoms with van der Waals surface area (Å²) >= 11 is 0. The lowest BCUT2D eigenvalue weighted by molar-refractivity contribution is 0.478. The molecular formula is C17H20N2O. The highest BCUT2D eigenvalue weighted by Gasteiger charge is 2.19. The van der Waals surface area contributed by atoms with Gasteiger partial charge in [0.15, 0.2) is 0 Å². The molecule has 20 heavy (non-hydrogen) atoms. The third kappa shape index (κ3) is 3.58. The smallest absolute Gasteiger partial charge is 0.146 e. The summed E-state index contributed by atoms with van der Waals surface area (Å²) in [5.41, 5.74) is 2.48. The minimum atomic E-state index is 0.709. The van der Waals surface area contributed by atoms with Crippen molar-refractivity contribution in [2.75, 3.05) is 0 Å². The molecule has 0 amide bonds. The van der Waals surface area contributed by atoms with E-state index in [0.717, 1.165) is 24.5 Å².